The molecule has 0 aliphatic carbocycles. The van der Waals surface area contributed by atoms with E-state index in [1.807, 2.05) is 0 Å². The summed E-state index contributed by atoms with van der Waals surface area (Å²) in [4.78, 5) is 37.2. The van der Waals surface area contributed by atoms with Gasteiger partial charge in [-0.25, -0.2) is 14.4 Å². The Hall–Kier alpha value is -6.63. The lowest BCUT2D eigenvalue weighted by Crippen LogP contribution is -2.11. The molecule has 4 rings (SSSR count). The van der Waals surface area contributed by atoms with Gasteiger partial charge in [0.05, 0.1) is 57.8 Å². The van der Waals surface area contributed by atoms with Crippen LogP contribution in [0.4, 0.5) is 0 Å². The van der Waals surface area contributed by atoms with E-state index in [1.54, 1.807) is 72.8 Å². The number of rotatable bonds is 33. The van der Waals surface area contributed by atoms with Gasteiger partial charge in [0.15, 0.2) is 17.2 Å². The summed E-state index contributed by atoms with van der Waals surface area (Å²) in [5, 5.41) is 0. The third-order valence-corrected chi connectivity index (χ3v) is 13.0. The van der Waals surface area contributed by atoms with Crippen LogP contribution in [0.25, 0.3) is 0 Å². The minimum Gasteiger partial charge on any atom is -0.491 e. The predicted molar refractivity (Wildman–Crippen MR) is 302 cm³/mol. The average Bonchev–Trinajstić information content (AvgIpc) is 3.44. The molecule has 75 heavy (non-hydrogen) atoms. The SMILES string of the molecule is CCCCCCCCCCOc1c(C#Cc2ccc(C(=O)OC)cc2)c(OCCCCCCCCCC)c(C#Cc2ccc(C(=O)OC)cc2)c(OCCCCCCCCCC)c1C#Cc1ccc(C(=O)OC)cc1. The van der Waals surface area contributed by atoms with Crippen molar-refractivity contribution in [3.05, 3.63) is 123 Å². The molecule has 0 aromatic heterocycles. The Bertz CT molecular complexity index is 2200. The van der Waals surface area contributed by atoms with Gasteiger partial charge in [-0.2, -0.15) is 0 Å². The van der Waals surface area contributed by atoms with Crippen LogP contribution in [0, 0.1) is 35.5 Å². The van der Waals surface area contributed by atoms with E-state index in [0.29, 0.717) is 87.1 Å². The molecule has 9 nitrogen and oxygen atoms in total. The topological polar surface area (TPSA) is 107 Å². The van der Waals surface area contributed by atoms with Gasteiger partial charge < -0.3 is 28.4 Å². The van der Waals surface area contributed by atoms with Crippen LogP contribution >= 0.6 is 0 Å². The molecule has 402 valence electrons. The molecule has 0 heterocycles. The molecule has 0 fully saturated rings. The zero-order valence-corrected chi connectivity index (χ0v) is 46.2. The van der Waals surface area contributed by atoms with Crippen LogP contribution < -0.4 is 14.2 Å². The number of hydrogen-bond acceptors (Lipinski definition) is 9. The largest absolute Gasteiger partial charge is 0.491 e. The summed E-state index contributed by atoms with van der Waals surface area (Å²) in [5.74, 6) is 20.5. The number of hydrogen-bond donors (Lipinski definition) is 0. The van der Waals surface area contributed by atoms with Crippen molar-refractivity contribution in [2.24, 2.45) is 0 Å². The molecule has 0 atom stereocenters. The van der Waals surface area contributed by atoms with Crippen LogP contribution in [0.5, 0.6) is 17.2 Å². The van der Waals surface area contributed by atoms with Crippen LogP contribution in [-0.2, 0) is 14.2 Å². The Morgan fingerprint density at radius 1 is 0.307 bits per heavy atom. The van der Waals surface area contributed by atoms with Crippen molar-refractivity contribution in [1.82, 2.24) is 0 Å². The van der Waals surface area contributed by atoms with Crippen LogP contribution in [0.15, 0.2) is 72.8 Å². The van der Waals surface area contributed by atoms with Gasteiger partial charge in [-0.3, -0.25) is 0 Å². The Morgan fingerprint density at radius 3 is 0.733 bits per heavy atom. The second-order valence-electron chi connectivity index (χ2n) is 19.0. The first-order valence-corrected chi connectivity index (χ1v) is 28.0. The number of carbonyl (C=O) groups excluding carboxylic acids is 3. The number of ether oxygens (including phenoxy) is 6. The number of unbranched alkanes of at least 4 members (excludes halogenated alkanes) is 21. The van der Waals surface area contributed by atoms with Gasteiger partial charge in [0.1, 0.15) is 16.7 Å². The molecule has 0 saturated carbocycles. The Balaban J connectivity index is 1.99. The maximum Gasteiger partial charge on any atom is 0.337 e. The number of methoxy groups -OCH3 is 3. The van der Waals surface area contributed by atoms with E-state index in [0.717, 1.165) is 57.8 Å². The molecule has 0 saturated heterocycles. The highest BCUT2D eigenvalue weighted by Gasteiger charge is 2.27. The molecule has 9 heteroatoms. The highest BCUT2D eigenvalue weighted by molar-refractivity contribution is 5.90. The lowest BCUT2D eigenvalue weighted by atomic mass is 9.98. The van der Waals surface area contributed by atoms with Crippen LogP contribution in [0.1, 0.15) is 239 Å². The average molecular weight is 1020 g/mol. The van der Waals surface area contributed by atoms with Gasteiger partial charge in [0, 0.05) is 16.7 Å². The Morgan fingerprint density at radius 2 is 0.520 bits per heavy atom. The minimum absolute atomic E-state index is 0.409. The highest BCUT2D eigenvalue weighted by atomic mass is 16.5. The van der Waals surface area contributed by atoms with E-state index in [2.05, 4.69) is 56.3 Å². The normalized spacial score (nSPS) is 10.5. The Kier molecular flexibility index (Phi) is 30.2. The number of benzene rings is 4. The predicted octanol–water partition coefficient (Wildman–Crippen LogP) is 15.8. The molecule has 0 amide bonds. The standard InChI is InChI=1S/C66H84O9/c1-7-10-13-16-19-22-25-28-49-73-61-58(46-37-52-31-40-55(41-32-52)64(67)70-4)62(74-50-29-26-23-20-17-14-11-8-2)60(48-39-54-35-44-57(45-36-54)66(69)72-6)63(75-51-30-27-24-21-18-15-12-9-3)59(61)47-38-53-33-42-56(43-34-53)65(68)71-5/h31-36,40-45H,7-30,49-51H2,1-6H3. The fourth-order valence-electron chi connectivity index (χ4n) is 8.51. The lowest BCUT2D eigenvalue weighted by Gasteiger charge is -2.21. The molecule has 4 aromatic carbocycles. The molecular weight excluding hydrogens is 937 g/mol. The monoisotopic (exact) mass is 1020 g/mol. The maximum atomic E-state index is 12.4. The van der Waals surface area contributed by atoms with Gasteiger partial charge in [-0.15, -0.1) is 0 Å². The third kappa shape index (κ3) is 22.4. The van der Waals surface area contributed by atoms with Crippen LogP contribution in [-0.4, -0.2) is 59.1 Å². The van der Waals surface area contributed by atoms with Gasteiger partial charge in [-0.1, -0.05) is 191 Å². The second kappa shape index (κ2) is 37.2. The summed E-state index contributed by atoms with van der Waals surface area (Å²) in [6.07, 6.45) is 27.3. The van der Waals surface area contributed by atoms with Crippen LogP contribution in [0.2, 0.25) is 0 Å². The van der Waals surface area contributed by atoms with Crippen molar-refractivity contribution in [2.45, 2.75) is 175 Å². The maximum absolute atomic E-state index is 12.4. The van der Waals surface area contributed by atoms with Crippen molar-refractivity contribution < 1.29 is 42.8 Å². The second-order valence-corrected chi connectivity index (χ2v) is 19.0. The van der Waals surface area contributed by atoms with Crippen molar-refractivity contribution in [2.75, 3.05) is 41.2 Å². The molecular formula is C66H84O9. The van der Waals surface area contributed by atoms with Crippen molar-refractivity contribution >= 4 is 17.9 Å². The summed E-state index contributed by atoms with van der Waals surface area (Å²) in [6.45, 7) is 7.94. The fraction of sp³-hybridized carbons (Fsp3) is 0.500. The molecule has 0 aliphatic heterocycles. The first-order valence-electron chi connectivity index (χ1n) is 28.0. The number of carbonyl (C=O) groups is 3. The summed E-state index contributed by atoms with van der Waals surface area (Å²) in [7, 11) is 4.08. The fourth-order valence-corrected chi connectivity index (χ4v) is 8.51. The van der Waals surface area contributed by atoms with E-state index < -0.39 is 17.9 Å². The smallest absolute Gasteiger partial charge is 0.337 e. The molecule has 0 N–H and O–H groups in total. The van der Waals surface area contributed by atoms with E-state index >= 15 is 0 Å². The molecule has 0 unspecified atom stereocenters. The van der Waals surface area contributed by atoms with E-state index in [-0.39, 0.29) is 0 Å². The van der Waals surface area contributed by atoms with E-state index in [9.17, 15) is 14.4 Å². The first-order chi connectivity index (χ1) is 36.8. The lowest BCUT2D eigenvalue weighted by molar-refractivity contribution is 0.0592. The van der Waals surface area contributed by atoms with Gasteiger partial charge >= 0.3 is 17.9 Å². The van der Waals surface area contributed by atoms with E-state index in [1.165, 1.54) is 118 Å². The first kappa shape index (κ1) is 60.9. The van der Waals surface area contributed by atoms with Crippen molar-refractivity contribution in [3.8, 4) is 52.8 Å². The van der Waals surface area contributed by atoms with Gasteiger partial charge in [0.2, 0.25) is 0 Å². The molecule has 0 bridgehead atoms. The summed E-state index contributed by atoms with van der Waals surface area (Å²) in [5.41, 5.74) is 4.70. The van der Waals surface area contributed by atoms with Gasteiger partial charge in [0.25, 0.3) is 0 Å². The van der Waals surface area contributed by atoms with Crippen molar-refractivity contribution in [3.63, 3.8) is 0 Å². The summed E-state index contributed by atoms with van der Waals surface area (Å²) in [6, 6.07) is 20.9. The molecule has 0 radical (unpaired) electrons. The minimum atomic E-state index is -0.434. The quantitative estimate of drug-likeness (QED) is 0.0200. The number of esters is 3. The summed E-state index contributed by atoms with van der Waals surface area (Å²) < 4.78 is 35.8. The third-order valence-electron chi connectivity index (χ3n) is 13.0. The van der Waals surface area contributed by atoms with Gasteiger partial charge in [-0.05, 0) is 92.1 Å². The Labute approximate surface area is 450 Å². The van der Waals surface area contributed by atoms with E-state index in [4.69, 9.17) is 28.4 Å². The van der Waals surface area contributed by atoms with Crippen LogP contribution in [0.3, 0.4) is 0 Å². The zero-order valence-electron chi connectivity index (χ0n) is 46.2. The highest BCUT2D eigenvalue weighted by Crippen LogP contribution is 2.44. The van der Waals surface area contributed by atoms with Crippen molar-refractivity contribution in [1.29, 1.82) is 0 Å². The molecule has 0 spiro atoms. The molecule has 0 aliphatic rings. The molecule has 4 aromatic rings. The summed E-state index contributed by atoms with van der Waals surface area (Å²) >= 11 is 0. The zero-order chi connectivity index (χ0) is 53.7.